The van der Waals surface area contributed by atoms with Gasteiger partial charge in [0.2, 0.25) is 11.8 Å². The first kappa shape index (κ1) is 16.4. The fraction of sp³-hybridized carbons (Fsp3) is 0.238. The van der Waals surface area contributed by atoms with Crippen molar-refractivity contribution in [3.05, 3.63) is 71.9 Å². The van der Waals surface area contributed by atoms with E-state index in [0.29, 0.717) is 25.9 Å². The number of amides is 2. The lowest BCUT2D eigenvalue weighted by Crippen LogP contribution is -2.44. The van der Waals surface area contributed by atoms with Crippen LogP contribution in [-0.2, 0) is 22.7 Å². The summed E-state index contributed by atoms with van der Waals surface area (Å²) in [7, 11) is 0. The van der Waals surface area contributed by atoms with Crippen LogP contribution in [0.1, 0.15) is 24.0 Å². The third kappa shape index (κ3) is 3.20. The number of nitrogens with one attached hydrogen (secondary N) is 2. The molecule has 5 nitrogen and oxygen atoms in total. The van der Waals surface area contributed by atoms with Crippen molar-refractivity contribution in [2.45, 2.75) is 32.0 Å². The molecule has 5 heteroatoms. The number of hydrogen-bond acceptors (Lipinski definition) is 2. The summed E-state index contributed by atoms with van der Waals surface area (Å²) in [5.41, 5.74) is 3.13. The van der Waals surface area contributed by atoms with Crippen molar-refractivity contribution < 1.29 is 9.59 Å². The van der Waals surface area contributed by atoms with Gasteiger partial charge in [-0.15, -0.1) is 0 Å². The minimum absolute atomic E-state index is 0.0372. The van der Waals surface area contributed by atoms with E-state index in [1.807, 2.05) is 60.8 Å². The first-order valence-electron chi connectivity index (χ1n) is 8.88. The molecule has 1 aliphatic rings. The molecule has 0 saturated carbocycles. The van der Waals surface area contributed by atoms with Gasteiger partial charge in [0, 0.05) is 36.6 Å². The highest BCUT2D eigenvalue weighted by Gasteiger charge is 2.36. The normalized spacial score (nSPS) is 17.0. The summed E-state index contributed by atoms with van der Waals surface area (Å²) in [6, 6.07) is 17.4. The van der Waals surface area contributed by atoms with Gasteiger partial charge in [-0.25, -0.2) is 0 Å². The Balaban J connectivity index is 1.47. The number of aromatic nitrogens is 1. The first-order valence-corrected chi connectivity index (χ1v) is 8.88. The monoisotopic (exact) mass is 347 g/mol. The van der Waals surface area contributed by atoms with Gasteiger partial charge in [0.1, 0.15) is 6.04 Å². The van der Waals surface area contributed by atoms with Crippen LogP contribution in [0.4, 0.5) is 0 Å². The summed E-state index contributed by atoms with van der Waals surface area (Å²) in [6.07, 6.45) is 2.92. The van der Waals surface area contributed by atoms with E-state index in [-0.39, 0.29) is 11.8 Å². The lowest BCUT2D eigenvalue weighted by molar-refractivity contribution is -0.135. The topological polar surface area (TPSA) is 65.2 Å². The van der Waals surface area contributed by atoms with Gasteiger partial charge in [0.25, 0.3) is 0 Å². The number of para-hydroxylation sites is 1. The van der Waals surface area contributed by atoms with E-state index >= 15 is 0 Å². The zero-order chi connectivity index (χ0) is 17.9. The summed E-state index contributed by atoms with van der Waals surface area (Å²) in [4.78, 5) is 29.9. The van der Waals surface area contributed by atoms with Gasteiger partial charge in [0.05, 0.1) is 0 Å². The number of likely N-dealkylation sites (tertiary alicyclic amines) is 1. The third-order valence-electron chi connectivity index (χ3n) is 4.96. The average Bonchev–Trinajstić information content (AvgIpc) is 3.25. The van der Waals surface area contributed by atoms with E-state index in [2.05, 4.69) is 10.3 Å². The predicted molar refractivity (Wildman–Crippen MR) is 100 cm³/mol. The molecule has 0 aliphatic carbocycles. The molecule has 1 fully saturated rings. The maximum absolute atomic E-state index is 12.7. The van der Waals surface area contributed by atoms with Crippen molar-refractivity contribution in [2.75, 3.05) is 0 Å². The number of benzene rings is 2. The van der Waals surface area contributed by atoms with Crippen molar-refractivity contribution in [1.82, 2.24) is 15.2 Å². The van der Waals surface area contributed by atoms with Gasteiger partial charge in [-0.05, 0) is 23.6 Å². The second kappa shape index (κ2) is 7.04. The number of H-pyrrole nitrogens is 1. The summed E-state index contributed by atoms with van der Waals surface area (Å²) in [6.45, 7) is 0.928. The van der Waals surface area contributed by atoms with Gasteiger partial charge < -0.3 is 15.2 Å². The quantitative estimate of drug-likeness (QED) is 0.745. The molecule has 132 valence electrons. The number of hydrogen-bond donors (Lipinski definition) is 2. The van der Waals surface area contributed by atoms with Gasteiger partial charge in [-0.3, -0.25) is 9.59 Å². The number of nitrogens with zero attached hydrogens (tertiary/aromatic N) is 1. The number of carbonyl (C=O) groups excluding carboxylic acids is 2. The molecule has 2 amide bonds. The Bertz CT molecular complexity index is 933. The molecule has 1 atom stereocenters. The van der Waals surface area contributed by atoms with Crippen LogP contribution in [0.2, 0.25) is 0 Å². The molecule has 1 unspecified atom stereocenters. The van der Waals surface area contributed by atoms with Gasteiger partial charge >= 0.3 is 0 Å². The van der Waals surface area contributed by atoms with Gasteiger partial charge in [-0.2, -0.15) is 0 Å². The summed E-state index contributed by atoms with van der Waals surface area (Å²) in [5.74, 6) is -0.0466. The standard InChI is InChI=1S/C21H21N3O2/c25-20-11-10-19(21(26)23-12-15-6-2-1-3-7-15)24(20)14-16-13-22-18-9-5-4-8-17(16)18/h1-9,13,19,22H,10-12,14H2,(H,23,26). The van der Waals surface area contributed by atoms with Crippen LogP contribution < -0.4 is 5.32 Å². The number of fused-ring (bicyclic) bond motifs is 1. The molecule has 2 aromatic carbocycles. The van der Waals surface area contributed by atoms with Crippen molar-refractivity contribution in [2.24, 2.45) is 0 Å². The SMILES string of the molecule is O=C(NCc1ccccc1)C1CCC(=O)N1Cc1c[nH]c2ccccc12. The zero-order valence-corrected chi connectivity index (χ0v) is 14.4. The fourth-order valence-corrected chi connectivity index (χ4v) is 3.55. The van der Waals surface area contributed by atoms with E-state index in [0.717, 1.165) is 22.0 Å². The summed E-state index contributed by atoms with van der Waals surface area (Å²) < 4.78 is 0. The second-order valence-corrected chi connectivity index (χ2v) is 6.64. The van der Waals surface area contributed by atoms with Crippen LogP contribution in [0.3, 0.4) is 0 Å². The Kier molecular flexibility index (Phi) is 4.44. The Morgan fingerprint density at radius 3 is 2.73 bits per heavy atom. The number of aromatic amines is 1. The van der Waals surface area contributed by atoms with Crippen molar-refractivity contribution in [3.63, 3.8) is 0 Å². The van der Waals surface area contributed by atoms with E-state index in [4.69, 9.17) is 0 Å². The summed E-state index contributed by atoms with van der Waals surface area (Å²) in [5, 5.41) is 4.06. The predicted octanol–water partition coefficient (Wildman–Crippen LogP) is 2.98. The highest BCUT2D eigenvalue weighted by atomic mass is 16.2. The van der Waals surface area contributed by atoms with E-state index < -0.39 is 6.04 Å². The Morgan fingerprint density at radius 1 is 1.12 bits per heavy atom. The van der Waals surface area contributed by atoms with E-state index in [1.165, 1.54) is 0 Å². The molecular formula is C21H21N3O2. The van der Waals surface area contributed by atoms with E-state index in [9.17, 15) is 9.59 Å². The summed E-state index contributed by atoms with van der Waals surface area (Å²) >= 11 is 0. The Labute approximate surface area is 152 Å². The maximum Gasteiger partial charge on any atom is 0.243 e. The Morgan fingerprint density at radius 2 is 1.88 bits per heavy atom. The minimum Gasteiger partial charge on any atom is -0.361 e. The van der Waals surface area contributed by atoms with Crippen LogP contribution in [0.15, 0.2) is 60.8 Å². The Hall–Kier alpha value is -3.08. The zero-order valence-electron chi connectivity index (χ0n) is 14.4. The average molecular weight is 347 g/mol. The van der Waals surface area contributed by atoms with Crippen LogP contribution in [0.25, 0.3) is 10.9 Å². The smallest absolute Gasteiger partial charge is 0.243 e. The molecule has 0 spiro atoms. The number of carbonyl (C=O) groups is 2. The molecule has 0 radical (unpaired) electrons. The lowest BCUT2D eigenvalue weighted by atomic mass is 10.1. The molecule has 26 heavy (non-hydrogen) atoms. The highest BCUT2D eigenvalue weighted by Crippen LogP contribution is 2.25. The van der Waals surface area contributed by atoms with Crippen LogP contribution in [0, 0.1) is 0 Å². The van der Waals surface area contributed by atoms with Crippen LogP contribution in [0.5, 0.6) is 0 Å². The van der Waals surface area contributed by atoms with Gasteiger partial charge in [0.15, 0.2) is 0 Å². The molecular weight excluding hydrogens is 326 g/mol. The fourth-order valence-electron chi connectivity index (χ4n) is 3.55. The molecule has 2 N–H and O–H groups in total. The highest BCUT2D eigenvalue weighted by molar-refractivity contribution is 5.91. The third-order valence-corrected chi connectivity index (χ3v) is 4.96. The van der Waals surface area contributed by atoms with Crippen molar-refractivity contribution >= 4 is 22.7 Å². The van der Waals surface area contributed by atoms with Crippen LogP contribution >= 0.6 is 0 Å². The molecule has 1 saturated heterocycles. The van der Waals surface area contributed by atoms with Crippen molar-refractivity contribution in [3.8, 4) is 0 Å². The lowest BCUT2D eigenvalue weighted by Gasteiger charge is -2.24. The largest absolute Gasteiger partial charge is 0.361 e. The van der Waals surface area contributed by atoms with Crippen LogP contribution in [-0.4, -0.2) is 27.7 Å². The van der Waals surface area contributed by atoms with E-state index in [1.54, 1.807) is 4.90 Å². The number of rotatable bonds is 5. The minimum atomic E-state index is -0.403. The molecule has 0 bridgehead atoms. The molecule has 2 heterocycles. The molecule has 1 aliphatic heterocycles. The van der Waals surface area contributed by atoms with Crippen molar-refractivity contribution in [1.29, 1.82) is 0 Å². The van der Waals surface area contributed by atoms with Gasteiger partial charge in [-0.1, -0.05) is 48.5 Å². The molecule has 3 aromatic rings. The second-order valence-electron chi connectivity index (χ2n) is 6.64. The molecule has 1 aromatic heterocycles. The molecule has 4 rings (SSSR count). The maximum atomic E-state index is 12.7. The first-order chi connectivity index (χ1) is 12.7.